The molecule has 1 aliphatic rings. The number of thioether (sulfide) groups is 1. The Kier molecular flexibility index (Phi) is 4.64. The molecule has 1 atom stereocenters. The molecule has 0 saturated carbocycles. The first-order valence-electron chi connectivity index (χ1n) is 6.39. The Labute approximate surface area is 122 Å². The van der Waals surface area contributed by atoms with Crippen molar-refractivity contribution in [2.24, 2.45) is 7.05 Å². The first-order chi connectivity index (χ1) is 9.76. The zero-order valence-corrected chi connectivity index (χ0v) is 12.1. The zero-order chi connectivity index (χ0) is 15.6. The third-order valence-corrected chi connectivity index (χ3v) is 3.97. The molecule has 1 aliphatic heterocycles. The van der Waals surface area contributed by atoms with Gasteiger partial charge in [-0.3, -0.25) is 9.36 Å². The first-order valence-corrected chi connectivity index (χ1v) is 7.37. The van der Waals surface area contributed by atoms with Crippen LogP contribution in [0.2, 0.25) is 0 Å². The normalized spacial score (nSPS) is 19.0. The lowest BCUT2D eigenvalue weighted by Crippen LogP contribution is -2.37. The third-order valence-electron chi connectivity index (χ3n) is 3.23. The van der Waals surface area contributed by atoms with Crippen molar-refractivity contribution < 1.29 is 18.0 Å². The van der Waals surface area contributed by atoms with Crippen LogP contribution in [0.25, 0.3) is 0 Å². The number of nitrogens with one attached hydrogen (secondary N) is 1. The summed E-state index contributed by atoms with van der Waals surface area (Å²) in [5, 5.41) is 6.67. The second kappa shape index (κ2) is 6.12. The lowest BCUT2D eigenvalue weighted by molar-refractivity contribution is -0.119. The molecule has 0 saturated heterocycles. The van der Waals surface area contributed by atoms with Crippen LogP contribution in [0.3, 0.4) is 0 Å². The number of hydrogen-bond acceptors (Lipinski definition) is 4. The molecule has 1 aromatic heterocycles. The predicted octanol–water partition coefficient (Wildman–Crippen LogP) is 0.656. The average Bonchev–Trinajstić information content (AvgIpc) is 2.55. The van der Waals surface area contributed by atoms with Gasteiger partial charge in [0, 0.05) is 26.1 Å². The molecule has 21 heavy (non-hydrogen) atoms. The maximum Gasteiger partial charge on any atom is 0.442 e. The lowest BCUT2D eigenvalue weighted by Gasteiger charge is -2.16. The van der Waals surface area contributed by atoms with Gasteiger partial charge < -0.3 is 5.32 Å². The van der Waals surface area contributed by atoms with E-state index in [0.717, 1.165) is 0 Å². The molecule has 0 radical (unpaired) electrons. The van der Waals surface area contributed by atoms with Crippen molar-refractivity contribution in [2.45, 2.75) is 37.4 Å². The Balaban J connectivity index is 1.88. The summed E-state index contributed by atoms with van der Waals surface area (Å²) in [6.07, 6.45) is 1.56. The van der Waals surface area contributed by atoms with E-state index in [-0.39, 0.29) is 23.5 Å². The van der Waals surface area contributed by atoms with Gasteiger partial charge in [0.1, 0.15) is 5.82 Å². The lowest BCUT2D eigenvalue weighted by atomic mass is 10.1. The van der Waals surface area contributed by atoms with Gasteiger partial charge in [0.15, 0.2) is 0 Å². The Morgan fingerprint density at radius 3 is 2.86 bits per heavy atom. The number of aromatic nitrogens is 3. The number of amides is 1. The third kappa shape index (κ3) is 4.26. The van der Waals surface area contributed by atoms with Gasteiger partial charge in [-0.1, -0.05) is 0 Å². The van der Waals surface area contributed by atoms with E-state index in [2.05, 4.69) is 10.4 Å². The van der Waals surface area contributed by atoms with E-state index in [0.29, 0.717) is 31.6 Å². The van der Waals surface area contributed by atoms with Crippen LogP contribution in [-0.2, 0) is 24.8 Å². The van der Waals surface area contributed by atoms with Crippen molar-refractivity contribution >= 4 is 17.7 Å². The molecule has 2 heterocycles. The number of halogens is 3. The highest BCUT2D eigenvalue weighted by Gasteiger charge is 2.30. The number of aryl methyl sites for hydroxylation is 2. The van der Waals surface area contributed by atoms with E-state index in [1.54, 1.807) is 7.05 Å². The predicted molar refractivity (Wildman–Crippen MR) is 70.8 cm³/mol. The topological polar surface area (TPSA) is 68.9 Å². The van der Waals surface area contributed by atoms with Crippen LogP contribution in [0.15, 0.2) is 4.79 Å². The molecule has 1 amide bonds. The minimum Gasteiger partial charge on any atom is -0.353 e. The van der Waals surface area contributed by atoms with Crippen LogP contribution in [0.1, 0.15) is 18.7 Å². The van der Waals surface area contributed by atoms with Gasteiger partial charge in [-0.25, -0.2) is 9.48 Å². The summed E-state index contributed by atoms with van der Waals surface area (Å²) in [6, 6.07) is -0.238. The molecule has 1 unspecified atom stereocenters. The molecule has 1 aromatic rings. The molecule has 2 rings (SSSR count). The first kappa shape index (κ1) is 15.9. The smallest absolute Gasteiger partial charge is 0.353 e. The van der Waals surface area contributed by atoms with Crippen molar-refractivity contribution in [2.75, 3.05) is 5.75 Å². The van der Waals surface area contributed by atoms with E-state index >= 15 is 0 Å². The van der Waals surface area contributed by atoms with Crippen molar-refractivity contribution in [1.29, 1.82) is 0 Å². The summed E-state index contributed by atoms with van der Waals surface area (Å²) in [6.45, 7) is 0.402. The van der Waals surface area contributed by atoms with Crippen LogP contribution in [0.5, 0.6) is 0 Å². The zero-order valence-electron chi connectivity index (χ0n) is 11.3. The largest absolute Gasteiger partial charge is 0.442 e. The molecular weight excluding hydrogens is 309 g/mol. The second-order valence-electron chi connectivity index (χ2n) is 4.80. The van der Waals surface area contributed by atoms with Crippen LogP contribution < -0.4 is 11.0 Å². The van der Waals surface area contributed by atoms with E-state index in [1.807, 2.05) is 0 Å². The number of rotatable bonds is 3. The van der Waals surface area contributed by atoms with Crippen molar-refractivity contribution in [3.05, 3.63) is 16.3 Å². The number of nitrogens with zero attached hydrogens (tertiary/aromatic N) is 3. The Morgan fingerprint density at radius 2 is 2.19 bits per heavy atom. The minimum absolute atomic E-state index is 0.218. The molecular formula is C11H15F3N4O2S. The minimum atomic E-state index is -4.41. The quantitative estimate of drug-likeness (QED) is 0.887. The van der Waals surface area contributed by atoms with E-state index in [9.17, 15) is 22.8 Å². The van der Waals surface area contributed by atoms with E-state index < -0.39 is 17.2 Å². The van der Waals surface area contributed by atoms with Crippen LogP contribution >= 0.6 is 11.8 Å². The molecule has 0 fully saturated rings. The summed E-state index contributed by atoms with van der Waals surface area (Å²) in [5.41, 5.74) is -4.63. The summed E-state index contributed by atoms with van der Waals surface area (Å²) in [7, 11) is 1.57. The molecule has 6 nitrogen and oxygen atoms in total. The molecule has 0 spiro atoms. The fourth-order valence-corrected chi connectivity index (χ4v) is 2.64. The standard InChI is InChI=1S/C11H15F3N4O2S/c1-17-10(20)18-5-4-7(2-3-8(18)16-17)15-9(19)6-21-11(12,13)14/h7H,2-6H2,1H3,(H,15,19). The van der Waals surface area contributed by atoms with Gasteiger partial charge in [-0.15, -0.1) is 0 Å². The fourth-order valence-electron chi connectivity index (χ4n) is 2.26. The summed E-state index contributed by atoms with van der Waals surface area (Å²) in [4.78, 5) is 23.2. The highest BCUT2D eigenvalue weighted by atomic mass is 32.2. The van der Waals surface area contributed by atoms with Crippen molar-refractivity contribution in [1.82, 2.24) is 19.7 Å². The fraction of sp³-hybridized carbons (Fsp3) is 0.727. The Hall–Kier alpha value is -1.45. The monoisotopic (exact) mass is 324 g/mol. The number of carbonyl (C=O) groups excluding carboxylic acids is 1. The molecule has 118 valence electrons. The average molecular weight is 324 g/mol. The molecule has 0 aromatic carbocycles. The van der Waals surface area contributed by atoms with Gasteiger partial charge in [0.05, 0.1) is 5.75 Å². The highest BCUT2D eigenvalue weighted by molar-refractivity contribution is 8.00. The Bertz CT molecular complexity index is 581. The highest BCUT2D eigenvalue weighted by Crippen LogP contribution is 2.29. The van der Waals surface area contributed by atoms with E-state index in [1.165, 1.54) is 9.25 Å². The van der Waals surface area contributed by atoms with Crippen LogP contribution in [0.4, 0.5) is 13.2 Å². The maximum absolute atomic E-state index is 12.0. The van der Waals surface area contributed by atoms with Crippen molar-refractivity contribution in [3.8, 4) is 0 Å². The van der Waals surface area contributed by atoms with E-state index in [4.69, 9.17) is 0 Å². The second-order valence-corrected chi connectivity index (χ2v) is 5.84. The number of hydrogen-bond donors (Lipinski definition) is 1. The molecule has 1 N–H and O–H groups in total. The maximum atomic E-state index is 12.0. The SMILES string of the molecule is Cn1nc2n(c1=O)CCC(NC(=O)CSC(F)(F)F)CC2. The summed E-state index contributed by atoms with van der Waals surface area (Å²) < 4.78 is 38.8. The van der Waals surface area contributed by atoms with Gasteiger partial charge in [0.25, 0.3) is 0 Å². The van der Waals surface area contributed by atoms with Gasteiger partial charge >= 0.3 is 11.2 Å². The van der Waals surface area contributed by atoms with Gasteiger partial charge in [0.2, 0.25) is 5.91 Å². The number of alkyl halides is 3. The van der Waals surface area contributed by atoms with Crippen LogP contribution in [0, 0.1) is 0 Å². The van der Waals surface area contributed by atoms with Gasteiger partial charge in [-0.05, 0) is 24.6 Å². The Morgan fingerprint density at radius 1 is 1.48 bits per heavy atom. The summed E-state index contributed by atoms with van der Waals surface area (Å²) in [5.74, 6) is -0.648. The molecule has 0 aliphatic carbocycles. The number of carbonyl (C=O) groups is 1. The molecule has 0 bridgehead atoms. The van der Waals surface area contributed by atoms with Crippen molar-refractivity contribution in [3.63, 3.8) is 0 Å². The summed E-state index contributed by atoms with van der Waals surface area (Å²) >= 11 is -0.354. The van der Waals surface area contributed by atoms with Crippen LogP contribution in [-0.4, -0.2) is 37.6 Å². The van der Waals surface area contributed by atoms with Gasteiger partial charge in [-0.2, -0.15) is 18.3 Å². The molecule has 10 heteroatoms. The number of fused-ring (bicyclic) bond motifs is 1.